The van der Waals surface area contributed by atoms with E-state index in [0.29, 0.717) is 12.5 Å². The maximum atomic E-state index is 11.6. The molecule has 0 amide bonds. The number of phenols is 1. The van der Waals surface area contributed by atoms with Gasteiger partial charge in [0.2, 0.25) is 0 Å². The molecule has 2 N–H and O–H groups in total. The summed E-state index contributed by atoms with van der Waals surface area (Å²) in [6.07, 6.45) is 5.65. The van der Waals surface area contributed by atoms with Crippen molar-refractivity contribution in [1.29, 1.82) is 0 Å². The molecular weight excluding hydrogens is 286 g/mol. The molecule has 0 saturated heterocycles. The summed E-state index contributed by atoms with van der Waals surface area (Å²) in [6.45, 7) is 0.664. The zero-order chi connectivity index (χ0) is 15.0. The molecule has 0 heterocycles. The molecule has 4 unspecified atom stereocenters. The van der Waals surface area contributed by atoms with Crippen LogP contribution in [-0.4, -0.2) is 28.2 Å². The Labute approximate surface area is 131 Å². The van der Waals surface area contributed by atoms with E-state index in [4.69, 9.17) is 11.8 Å². The molecular formula is C17H24ClNO2. The van der Waals surface area contributed by atoms with Gasteiger partial charge in [0.15, 0.2) is 0 Å². The quantitative estimate of drug-likeness (QED) is 0.840. The van der Waals surface area contributed by atoms with Gasteiger partial charge in [-0.25, -0.2) is 4.42 Å². The number of aromatic hydroxyl groups is 1. The van der Waals surface area contributed by atoms with E-state index in [9.17, 15) is 10.2 Å². The number of halogens is 1. The highest BCUT2D eigenvalue weighted by molar-refractivity contribution is 6.13. The van der Waals surface area contributed by atoms with Crippen LogP contribution in [0.15, 0.2) is 24.3 Å². The number of nitrogens with zero attached hydrogens (tertiary/aromatic N) is 1. The molecule has 0 spiro atoms. The lowest BCUT2D eigenvalue weighted by Gasteiger charge is -2.48. The van der Waals surface area contributed by atoms with E-state index >= 15 is 0 Å². The highest BCUT2D eigenvalue weighted by Crippen LogP contribution is 2.55. The molecule has 0 aliphatic heterocycles. The van der Waals surface area contributed by atoms with Crippen LogP contribution in [0.4, 0.5) is 0 Å². The Morgan fingerprint density at radius 2 is 2.10 bits per heavy atom. The predicted octanol–water partition coefficient (Wildman–Crippen LogP) is 3.49. The second-order valence-electron chi connectivity index (χ2n) is 6.73. The van der Waals surface area contributed by atoms with Gasteiger partial charge in [0.1, 0.15) is 5.75 Å². The van der Waals surface area contributed by atoms with Crippen LogP contribution >= 0.6 is 11.8 Å². The van der Waals surface area contributed by atoms with Crippen molar-refractivity contribution in [1.82, 2.24) is 4.42 Å². The number of hydrogen-bond acceptors (Lipinski definition) is 3. The Hall–Kier alpha value is -0.770. The smallest absolute Gasteiger partial charge is 0.115 e. The fourth-order valence-electron chi connectivity index (χ4n) is 4.64. The number of benzene rings is 1. The van der Waals surface area contributed by atoms with Gasteiger partial charge in [-0.3, -0.25) is 0 Å². The molecule has 4 heteroatoms. The average molecular weight is 310 g/mol. The largest absolute Gasteiger partial charge is 0.508 e. The Morgan fingerprint density at radius 3 is 2.81 bits per heavy atom. The van der Waals surface area contributed by atoms with Crippen molar-refractivity contribution in [2.75, 3.05) is 13.6 Å². The number of rotatable bonds is 3. The normalized spacial score (nSPS) is 35.9. The zero-order valence-corrected chi connectivity index (χ0v) is 13.3. The van der Waals surface area contributed by atoms with Gasteiger partial charge in [-0.15, -0.1) is 0 Å². The van der Waals surface area contributed by atoms with Crippen LogP contribution in [-0.2, 0) is 5.60 Å². The van der Waals surface area contributed by atoms with Crippen LogP contribution < -0.4 is 0 Å². The highest BCUT2D eigenvalue weighted by Gasteiger charge is 2.52. The van der Waals surface area contributed by atoms with E-state index < -0.39 is 5.60 Å². The fourth-order valence-corrected chi connectivity index (χ4v) is 4.81. The molecule has 2 aliphatic carbocycles. The summed E-state index contributed by atoms with van der Waals surface area (Å²) in [4.78, 5) is 0. The monoisotopic (exact) mass is 309 g/mol. The maximum absolute atomic E-state index is 11.6. The van der Waals surface area contributed by atoms with Gasteiger partial charge >= 0.3 is 0 Å². The molecule has 3 rings (SSSR count). The Kier molecular flexibility index (Phi) is 4.17. The van der Waals surface area contributed by atoms with Crippen molar-refractivity contribution in [3.63, 3.8) is 0 Å². The van der Waals surface area contributed by atoms with E-state index in [2.05, 4.69) is 0 Å². The van der Waals surface area contributed by atoms with Crippen LogP contribution in [0.25, 0.3) is 0 Å². The van der Waals surface area contributed by atoms with Crippen molar-refractivity contribution < 1.29 is 10.2 Å². The fraction of sp³-hybridized carbons (Fsp3) is 0.647. The molecule has 2 aliphatic rings. The first kappa shape index (κ1) is 15.1. The van der Waals surface area contributed by atoms with Gasteiger partial charge in [-0.1, -0.05) is 25.0 Å². The first-order valence-corrected chi connectivity index (χ1v) is 8.24. The lowest BCUT2D eigenvalue weighted by Crippen LogP contribution is -2.50. The summed E-state index contributed by atoms with van der Waals surface area (Å²) in [5.41, 5.74) is -0.0241. The van der Waals surface area contributed by atoms with Gasteiger partial charge in [0.25, 0.3) is 0 Å². The van der Waals surface area contributed by atoms with Gasteiger partial charge in [-0.05, 0) is 60.6 Å². The Bertz CT molecular complexity index is 507. The maximum Gasteiger partial charge on any atom is 0.115 e. The summed E-state index contributed by atoms with van der Waals surface area (Å²) in [5, 5.41) is 21.5. The molecule has 116 valence electrons. The summed E-state index contributed by atoms with van der Waals surface area (Å²) >= 11 is 6.07. The molecule has 1 aromatic carbocycles. The average Bonchev–Trinajstić information content (AvgIpc) is 2.91. The molecule has 1 aromatic rings. The van der Waals surface area contributed by atoms with Crippen LogP contribution in [0, 0.1) is 17.8 Å². The third kappa shape index (κ3) is 2.67. The number of fused-ring (bicyclic) bond motifs is 1. The third-order valence-corrected chi connectivity index (χ3v) is 5.65. The van der Waals surface area contributed by atoms with Crippen LogP contribution in [0.3, 0.4) is 0 Å². The molecule has 21 heavy (non-hydrogen) atoms. The predicted molar refractivity (Wildman–Crippen MR) is 84.0 cm³/mol. The molecule has 0 aromatic heterocycles. The topological polar surface area (TPSA) is 43.7 Å². The van der Waals surface area contributed by atoms with Crippen molar-refractivity contribution in [3.05, 3.63) is 29.8 Å². The van der Waals surface area contributed by atoms with Crippen molar-refractivity contribution in [2.45, 2.75) is 37.7 Å². The lowest BCUT2D eigenvalue weighted by molar-refractivity contribution is -0.119. The van der Waals surface area contributed by atoms with E-state index in [-0.39, 0.29) is 17.6 Å². The van der Waals surface area contributed by atoms with Crippen molar-refractivity contribution in [2.24, 2.45) is 17.8 Å². The van der Waals surface area contributed by atoms with Gasteiger partial charge in [0.05, 0.1) is 5.60 Å². The highest BCUT2D eigenvalue weighted by atomic mass is 35.5. The molecule has 0 bridgehead atoms. The zero-order valence-electron chi connectivity index (χ0n) is 12.5. The minimum atomic E-state index is -0.874. The van der Waals surface area contributed by atoms with Gasteiger partial charge in [-0.2, -0.15) is 0 Å². The summed E-state index contributed by atoms with van der Waals surface area (Å²) in [5.74, 6) is 1.23. The molecule has 2 saturated carbocycles. The molecule has 3 nitrogen and oxygen atoms in total. The van der Waals surface area contributed by atoms with Crippen LogP contribution in [0.5, 0.6) is 5.75 Å². The van der Waals surface area contributed by atoms with E-state index in [1.54, 1.807) is 16.6 Å². The molecule has 0 radical (unpaired) electrons. The standard InChI is InChI=1S/C17H24ClNO2/c1-19(18)11-14-9-8-12-4-2-7-16(12)17(14,21)13-5-3-6-15(20)10-13/h3,5-6,10,12,14,16,20-21H,2,4,7-9,11H2,1H3. The van der Waals surface area contributed by atoms with E-state index in [0.717, 1.165) is 18.4 Å². The van der Waals surface area contributed by atoms with Gasteiger partial charge < -0.3 is 10.2 Å². The number of phenolic OH excluding ortho intramolecular Hbond substituents is 1. The second kappa shape index (κ2) is 5.79. The van der Waals surface area contributed by atoms with Crippen molar-refractivity contribution in [3.8, 4) is 5.75 Å². The van der Waals surface area contributed by atoms with E-state index in [1.807, 2.05) is 19.2 Å². The van der Waals surface area contributed by atoms with E-state index in [1.165, 1.54) is 19.3 Å². The first-order valence-electron chi connectivity index (χ1n) is 7.90. The summed E-state index contributed by atoms with van der Waals surface area (Å²) in [6, 6.07) is 7.15. The SMILES string of the molecule is CN(Cl)CC1CCC2CCCC2C1(O)c1cccc(O)c1. The Morgan fingerprint density at radius 1 is 1.29 bits per heavy atom. The minimum Gasteiger partial charge on any atom is -0.508 e. The minimum absolute atomic E-state index is 0.112. The van der Waals surface area contributed by atoms with Crippen LogP contribution in [0.2, 0.25) is 0 Å². The van der Waals surface area contributed by atoms with Gasteiger partial charge in [0, 0.05) is 19.5 Å². The number of hydrogen-bond donors (Lipinski definition) is 2. The summed E-state index contributed by atoms with van der Waals surface area (Å²) < 4.78 is 1.65. The molecule has 2 fully saturated rings. The Balaban J connectivity index is 2.01. The van der Waals surface area contributed by atoms with Crippen LogP contribution in [0.1, 0.15) is 37.7 Å². The lowest BCUT2D eigenvalue weighted by atomic mass is 9.62. The summed E-state index contributed by atoms with van der Waals surface area (Å²) in [7, 11) is 1.84. The third-order valence-electron chi connectivity index (χ3n) is 5.51. The number of aliphatic hydroxyl groups is 1. The molecule has 4 atom stereocenters. The second-order valence-corrected chi connectivity index (χ2v) is 7.31. The first-order chi connectivity index (χ1) is 10.0. The van der Waals surface area contributed by atoms with Crippen molar-refractivity contribution >= 4 is 11.8 Å².